The first-order valence-electron chi connectivity index (χ1n) is 6.47. The fraction of sp³-hybridized carbons (Fsp3) is 0.571. The number of hydrogen-bond donors (Lipinski definition) is 1. The van der Waals surface area contributed by atoms with Crippen LogP contribution in [0.5, 0.6) is 17.2 Å². The number of hydrogen-bond acceptors (Lipinski definition) is 5. The van der Waals surface area contributed by atoms with Gasteiger partial charge in [-0.05, 0) is 20.0 Å². The van der Waals surface area contributed by atoms with Crippen LogP contribution in [0.4, 0.5) is 0 Å². The topological polar surface area (TPSA) is 49.0 Å². The van der Waals surface area contributed by atoms with Gasteiger partial charge in [0.1, 0.15) is 5.75 Å². The number of nitrogens with one attached hydrogen (secondary N) is 1. The highest BCUT2D eigenvalue weighted by Gasteiger charge is 2.18. The minimum absolute atomic E-state index is 0.0935. The lowest BCUT2D eigenvalue weighted by Crippen LogP contribution is -2.16. The van der Waals surface area contributed by atoms with Gasteiger partial charge < -0.3 is 24.3 Å². The summed E-state index contributed by atoms with van der Waals surface area (Å²) in [5.41, 5.74) is 1.07. The Morgan fingerprint density at radius 3 is 2.74 bits per heavy atom. The molecule has 5 heteroatoms. The van der Waals surface area contributed by atoms with E-state index in [1.165, 1.54) is 0 Å². The van der Waals surface area contributed by atoms with Gasteiger partial charge in [0, 0.05) is 38.3 Å². The molecule has 0 spiro atoms. The van der Waals surface area contributed by atoms with Crippen molar-refractivity contribution < 1.29 is 18.9 Å². The van der Waals surface area contributed by atoms with E-state index in [1.807, 2.05) is 26.1 Å². The van der Waals surface area contributed by atoms with Gasteiger partial charge in [-0.25, -0.2) is 0 Å². The van der Waals surface area contributed by atoms with Crippen LogP contribution in [0.1, 0.15) is 18.9 Å². The number of methoxy groups -OCH3 is 1. The van der Waals surface area contributed by atoms with E-state index in [9.17, 15) is 0 Å². The molecule has 0 aromatic heterocycles. The highest BCUT2D eigenvalue weighted by atomic mass is 16.7. The Morgan fingerprint density at radius 1 is 1.32 bits per heavy atom. The Morgan fingerprint density at radius 2 is 2.05 bits per heavy atom. The molecule has 0 saturated heterocycles. The zero-order valence-electron chi connectivity index (χ0n) is 11.7. The van der Waals surface area contributed by atoms with E-state index in [1.54, 1.807) is 7.11 Å². The average molecular weight is 267 g/mol. The van der Waals surface area contributed by atoms with Gasteiger partial charge in [-0.15, -0.1) is 0 Å². The normalized spacial score (nSPS) is 14.5. The Kier molecular flexibility index (Phi) is 4.87. The Bertz CT molecular complexity index is 422. The molecule has 0 radical (unpaired) electrons. The standard InChI is InChI=1S/C14H21NO4/c1-10(4-5-16-3)19-12-7-14-13(17-9-18-14)6-11(12)8-15-2/h6-7,10,15H,4-5,8-9H2,1-3H3. The van der Waals surface area contributed by atoms with Crippen molar-refractivity contribution in [2.45, 2.75) is 26.0 Å². The molecule has 1 aliphatic heterocycles. The van der Waals surface area contributed by atoms with E-state index in [0.717, 1.165) is 35.8 Å². The highest BCUT2D eigenvalue weighted by molar-refractivity contribution is 5.51. The highest BCUT2D eigenvalue weighted by Crippen LogP contribution is 2.38. The van der Waals surface area contributed by atoms with Crippen LogP contribution in [0.2, 0.25) is 0 Å². The summed E-state index contributed by atoms with van der Waals surface area (Å²) in [6.45, 7) is 3.72. The Hall–Kier alpha value is -1.46. The third kappa shape index (κ3) is 3.52. The van der Waals surface area contributed by atoms with Crippen LogP contribution in [0.25, 0.3) is 0 Å². The molecule has 1 unspecified atom stereocenters. The molecule has 106 valence electrons. The first-order chi connectivity index (χ1) is 9.24. The molecule has 0 saturated carbocycles. The summed E-state index contributed by atoms with van der Waals surface area (Å²) in [5.74, 6) is 2.36. The van der Waals surface area contributed by atoms with Gasteiger partial charge >= 0.3 is 0 Å². The van der Waals surface area contributed by atoms with Crippen molar-refractivity contribution in [3.8, 4) is 17.2 Å². The minimum atomic E-state index is 0.0935. The monoisotopic (exact) mass is 267 g/mol. The molecule has 1 atom stereocenters. The smallest absolute Gasteiger partial charge is 0.231 e. The molecule has 0 bridgehead atoms. The molecule has 0 fully saturated rings. The zero-order valence-corrected chi connectivity index (χ0v) is 11.7. The summed E-state index contributed by atoms with van der Waals surface area (Å²) in [6, 6.07) is 3.87. The lowest BCUT2D eigenvalue weighted by atomic mass is 10.1. The molecule has 2 rings (SSSR count). The van der Waals surface area contributed by atoms with Crippen LogP contribution in [0.3, 0.4) is 0 Å². The van der Waals surface area contributed by atoms with E-state index in [0.29, 0.717) is 6.61 Å². The summed E-state index contributed by atoms with van der Waals surface area (Å²) in [4.78, 5) is 0. The van der Waals surface area contributed by atoms with Crippen molar-refractivity contribution in [3.63, 3.8) is 0 Å². The Balaban J connectivity index is 2.13. The van der Waals surface area contributed by atoms with Gasteiger partial charge in [-0.1, -0.05) is 0 Å². The molecular weight excluding hydrogens is 246 g/mol. The van der Waals surface area contributed by atoms with Gasteiger partial charge in [-0.3, -0.25) is 0 Å². The third-order valence-corrected chi connectivity index (χ3v) is 2.98. The van der Waals surface area contributed by atoms with Gasteiger partial charge in [0.25, 0.3) is 0 Å². The molecule has 19 heavy (non-hydrogen) atoms. The predicted octanol–water partition coefficient (Wildman–Crippen LogP) is 1.94. The first-order valence-corrected chi connectivity index (χ1v) is 6.47. The lowest BCUT2D eigenvalue weighted by molar-refractivity contribution is 0.134. The third-order valence-electron chi connectivity index (χ3n) is 2.98. The summed E-state index contributed by atoms with van der Waals surface area (Å²) >= 11 is 0. The maximum Gasteiger partial charge on any atom is 0.231 e. The summed E-state index contributed by atoms with van der Waals surface area (Å²) in [6.07, 6.45) is 0.945. The average Bonchev–Trinajstić information content (AvgIpc) is 2.84. The van der Waals surface area contributed by atoms with E-state index >= 15 is 0 Å². The number of benzene rings is 1. The predicted molar refractivity (Wildman–Crippen MR) is 71.9 cm³/mol. The molecule has 1 heterocycles. The van der Waals surface area contributed by atoms with Crippen molar-refractivity contribution in [3.05, 3.63) is 17.7 Å². The molecule has 0 amide bonds. The van der Waals surface area contributed by atoms with Crippen LogP contribution in [0.15, 0.2) is 12.1 Å². The maximum atomic E-state index is 5.97. The van der Waals surface area contributed by atoms with Crippen molar-refractivity contribution in [2.75, 3.05) is 27.6 Å². The van der Waals surface area contributed by atoms with E-state index in [-0.39, 0.29) is 12.9 Å². The SMILES string of the molecule is CNCc1cc2c(cc1OC(C)CCOC)OCO2. The molecule has 1 aromatic rings. The van der Waals surface area contributed by atoms with Gasteiger partial charge in [-0.2, -0.15) is 0 Å². The van der Waals surface area contributed by atoms with Crippen LogP contribution >= 0.6 is 0 Å². The molecule has 1 N–H and O–H groups in total. The quantitative estimate of drug-likeness (QED) is 0.818. The van der Waals surface area contributed by atoms with Gasteiger partial charge in [0.05, 0.1) is 6.10 Å². The number of rotatable bonds is 7. The molecule has 0 aliphatic carbocycles. The zero-order chi connectivity index (χ0) is 13.7. The van der Waals surface area contributed by atoms with E-state index in [2.05, 4.69) is 5.32 Å². The fourth-order valence-corrected chi connectivity index (χ4v) is 1.96. The summed E-state index contributed by atoms with van der Waals surface area (Å²) < 4.78 is 21.8. The first kappa shape index (κ1) is 14.0. The maximum absolute atomic E-state index is 5.97. The number of ether oxygens (including phenoxy) is 4. The van der Waals surface area contributed by atoms with Crippen molar-refractivity contribution >= 4 is 0 Å². The summed E-state index contributed by atoms with van der Waals surface area (Å²) in [7, 11) is 3.60. The second-order valence-corrected chi connectivity index (χ2v) is 4.55. The number of fused-ring (bicyclic) bond motifs is 1. The lowest BCUT2D eigenvalue weighted by Gasteiger charge is -2.17. The van der Waals surface area contributed by atoms with E-state index < -0.39 is 0 Å². The molecule has 1 aliphatic rings. The molecular formula is C14H21NO4. The molecule has 5 nitrogen and oxygen atoms in total. The second-order valence-electron chi connectivity index (χ2n) is 4.55. The van der Waals surface area contributed by atoms with Crippen LogP contribution in [-0.4, -0.2) is 33.7 Å². The van der Waals surface area contributed by atoms with Gasteiger partial charge in [0.2, 0.25) is 6.79 Å². The minimum Gasteiger partial charge on any atom is -0.490 e. The van der Waals surface area contributed by atoms with Crippen LogP contribution in [-0.2, 0) is 11.3 Å². The van der Waals surface area contributed by atoms with Gasteiger partial charge in [0.15, 0.2) is 11.5 Å². The summed E-state index contributed by atoms with van der Waals surface area (Å²) in [5, 5.41) is 3.13. The fourth-order valence-electron chi connectivity index (χ4n) is 1.96. The van der Waals surface area contributed by atoms with E-state index in [4.69, 9.17) is 18.9 Å². The van der Waals surface area contributed by atoms with Crippen molar-refractivity contribution in [1.29, 1.82) is 0 Å². The van der Waals surface area contributed by atoms with Crippen LogP contribution in [0, 0.1) is 0 Å². The van der Waals surface area contributed by atoms with Crippen molar-refractivity contribution in [2.24, 2.45) is 0 Å². The van der Waals surface area contributed by atoms with Crippen molar-refractivity contribution in [1.82, 2.24) is 5.32 Å². The molecule has 1 aromatic carbocycles. The largest absolute Gasteiger partial charge is 0.490 e. The Labute approximate surface area is 113 Å². The van der Waals surface area contributed by atoms with Crippen LogP contribution < -0.4 is 19.5 Å². The second kappa shape index (κ2) is 6.63.